The van der Waals surface area contributed by atoms with E-state index >= 15 is 0 Å². The fourth-order valence-electron chi connectivity index (χ4n) is 1.76. The van der Waals surface area contributed by atoms with Crippen LogP contribution in [0, 0.1) is 5.82 Å². The Bertz CT molecular complexity index is 569. The molecule has 0 aliphatic heterocycles. The number of amides is 1. The summed E-state index contributed by atoms with van der Waals surface area (Å²) < 4.78 is 18.1. The van der Waals surface area contributed by atoms with Gasteiger partial charge in [-0.3, -0.25) is 4.79 Å². The Kier molecular flexibility index (Phi) is 4.22. The highest BCUT2D eigenvalue weighted by molar-refractivity contribution is 6.33. The van der Waals surface area contributed by atoms with E-state index in [2.05, 4.69) is 5.32 Å². The summed E-state index contributed by atoms with van der Waals surface area (Å²) in [5.41, 5.74) is 0.259. The molecule has 0 spiro atoms. The molecule has 0 fully saturated rings. The molecule has 5 heteroatoms. The van der Waals surface area contributed by atoms with E-state index in [0.717, 1.165) is 11.8 Å². The molecule has 2 aromatic rings. The second-order valence-electron chi connectivity index (χ2n) is 4.28. The van der Waals surface area contributed by atoms with Gasteiger partial charge in [0.15, 0.2) is 0 Å². The van der Waals surface area contributed by atoms with E-state index in [1.54, 1.807) is 12.3 Å². The lowest BCUT2D eigenvalue weighted by atomic mass is 10.1. The average molecular weight is 282 g/mol. The number of hydrogen-bond donors (Lipinski definition) is 1. The molecular weight excluding hydrogens is 269 g/mol. The van der Waals surface area contributed by atoms with Crippen LogP contribution in [0.2, 0.25) is 5.02 Å². The zero-order valence-corrected chi connectivity index (χ0v) is 11.1. The van der Waals surface area contributed by atoms with Crippen LogP contribution in [-0.2, 0) is 6.42 Å². The second kappa shape index (κ2) is 5.89. The molecule has 1 amide bonds. The van der Waals surface area contributed by atoms with Crippen molar-refractivity contribution < 1.29 is 13.6 Å². The maximum Gasteiger partial charge on any atom is 0.253 e. The van der Waals surface area contributed by atoms with Gasteiger partial charge in [-0.15, -0.1) is 0 Å². The Morgan fingerprint density at radius 1 is 1.47 bits per heavy atom. The van der Waals surface area contributed by atoms with Crippen molar-refractivity contribution in [3.63, 3.8) is 0 Å². The standard InChI is InChI=1S/C14H13ClFNO2/c1-9(7-11-3-2-6-19-11)17-14(18)12-5-4-10(16)8-13(12)15/h2-6,8-9H,7H2,1H3,(H,17,18). The smallest absolute Gasteiger partial charge is 0.253 e. The molecule has 1 unspecified atom stereocenters. The van der Waals surface area contributed by atoms with Gasteiger partial charge in [-0.2, -0.15) is 0 Å². The first-order valence-corrected chi connectivity index (χ1v) is 6.22. The highest BCUT2D eigenvalue weighted by Gasteiger charge is 2.14. The van der Waals surface area contributed by atoms with Crippen molar-refractivity contribution in [1.82, 2.24) is 5.32 Å². The van der Waals surface area contributed by atoms with Crippen molar-refractivity contribution in [1.29, 1.82) is 0 Å². The minimum Gasteiger partial charge on any atom is -0.469 e. The van der Waals surface area contributed by atoms with E-state index < -0.39 is 5.82 Å². The SMILES string of the molecule is CC(Cc1ccco1)NC(=O)c1ccc(F)cc1Cl. The van der Waals surface area contributed by atoms with Crippen molar-refractivity contribution in [3.8, 4) is 0 Å². The van der Waals surface area contributed by atoms with Crippen LogP contribution in [0.25, 0.3) is 0 Å². The third-order valence-corrected chi connectivity index (χ3v) is 2.95. The van der Waals surface area contributed by atoms with Gasteiger partial charge >= 0.3 is 0 Å². The molecular formula is C14H13ClFNO2. The van der Waals surface area contributed by atoms with Gasteiger partial charge in [-0.25, -0.2) is 4.39 Å². The minimum absolute atomic E-state index is 0.0997. The van der Waals surface area contributed by atoms with Gasteiger partial charge in [-0.1, -0.05) is 11.6 Å². The van der Waals surface area contributed by atoms with Crippen LogP contribution < -0.4 is 5.32 Å². The summed E-state index contributed by atoms with van der Waals surface area (Å²) in [6.07, 6.45) is 2.16. The van der Waals surface area contributed by atoms with Gasteiger partial charge in [0.2, 0.25) is 0 Å². The fourth-order valence-corrected chi connectivity index (χ4v) is 2.01. The Labute approximate surface area is 115 Å². The Morgan fingerprint density at radius 3 is 2.89 bits per heavy atom. The molecule has 3 nitrogen and oxygen atoms in total. The summed E-state index contributed by atoms with van der Waals surface area (Å²) in [6.45, 7) is 1.86. The van der Waals surface area contributed by atoms with Gasteiger partial charge in [0, 0.05) is 12.5 Å². The van der Waals surface area contributed by atoms with Crippen LogP contribution in [0.5, 0.6) is 0 Å². The van der Waals surface area contributed by atoms with E-state index in [4.69, 9.17) is 16.0 Å². The first-order valence-electron chi connectivity index (χ1n) is 5.84. The third-order valence-electron chi connectivity index (χ3n) is 2.64. The average Bonchev–Trinajstić information content (AvgIpc) is 2.81. The Morgan fingerprint density at radius 2 is 2.26 bits per heavy atom. The number of hydrogen-bond acceptors (Lipinski definition) is 2. The van der Waals surface area contributed by atoms with E-state index in [0.29, 0.717) is 6.42 Å². The van der Waals surface area contributed by atoms with Gasteiger partial charge in [0.1, 0.15) is 11.6 Å². The summed E-state index contributed by atoms with van der Waals surface area (Å²) in [7, 11) is 0. The van der Waals surface area contributed by atoms with Crippen LogP contribution in [-0.4, -0.2) is 11.9 Å². The summed E-state index contributed by atoms with van der Waals surface area (Å²) >= 11 is 5.83. The van der Waals surface area contributed by atoms with E-state index in [9.17, 15) is 9.18 Å². The maximum atomic E-state index is 12.9. The molecule has 1 heterocycles. The molecule has 0 saturated heterocycles. The van der Waals surface area contributed by atoms with Gasteiger partial charge in [0.05, 0.1) is 16.8 Å². The molecule has 0 aliphatic rings. The van der Waals surface area contributed by atoms with Gasteiger partial charge < -0.3 is 9.73 Å². The predicted octanol–water partition coefficient (Wildman–Crippen LogP) is 3.43. The minimum atomic E-state index is -0.467. The number of rotatable bonds is 4. The van der Waals surface area contributed by atoms with Crippen LogP contribution >= 0.6 is 11.6 Å². The van der Waals surface area contributed by atoms with Crippen LogP contribution in [0.1, 0.15) is 23.0 Å². The molecule has 2 rings (SSSR count). The second-order valence-corrected chi connectivity index (χ2v) is 4.69. The molecule has 1 aromatic carbocycles. The Balaban J connectivity index is 2.00. The predicted molar refractivity (Wildman–Crippen MR) is 70.8 cm³/mol. The summed E-state index contributed by atoms with van der Waals surface area (Å²) in [4.78, 5) is 12.0. The first kappa shape index (κ1) is 13.6. The molecule has 1 N–H and O–H groups in total. The van der Waals surface area contributed by atoms with Gasteiger partial charge in [-0.05, 0) is 37.3 Å². The number of carbonyl (C=O) groups excluding carboxylic acids is 1. The van der Waals surface area contributed by atoms with Crippen molar-refractivity contribution in [3.05, 3.63) is 58.8 Å². The highest BCUT2D eigenvalue weighted by Crippen LogP contribution is 2.17. The van der Waals surface area contributed by atoms with Crippen molar-refractivity contribution in [2.24, 2.45) is 0 Å². The first-order chi connectivity index (χ1) is 9.06. The zero-order valence-electron chi connectivity index (χ0n) is 10.3. The molecule has 1 atom stereocenters. The lowest BCUT2D eigenvalue weighted by Crippen LogP contribution is -2.34. The number of carbonyl (C=O) groups is 1. The van der Waals surface area contributed by atoms with Crippen LogP contribution in [0.15, 0.2) is 41.0 Å². The number of nitrogens with one attached hydrogen (secondary N) is 1. The fraction of sp³-hybridized carbons (Fsp3) is 0.214. The molecule has 19 heavy (non-hydrogen) atoms. The normalized spacial score (nSPS) is 12.2. The molecule has 0 saturated carbocycles. The zero-order chi connectivity index (χ0) is 13.8. The lowest BCUT2D eigenvalue weighted by Gasteiger charge is -2.13. The molecule has 0 bridgehead atoms. The van der Waals surface area contributed by atoms with Crippen molar-refractivity contribution >= 4 is 17.5 Å². The van der Waals surface area contributed by atoms with Gasteiger partial charge in [0.25, 0.3) is 5.91 Å². The van der Waals surface area contributed by atoms with Crippen molar-refractivity contribution in [2.75, 3.05) is 0 Å². The quantitative estimate of drug-likeness (QED) is 0.933. The monoisotopic (exact) mass is 281 g/mol. The largest absolute Gasteiger partial charge is 0.469 e. The molecule has 0 aliphatic carbocycles. The highest BCUT2D eigenvalue weighted by atomic mass is 35.5. The maximum absolute atomic E-state index is 12.9. The summed E-state index contributed by atoms with van der Waals surface area (Å²) in [5, 5.41) is 2.89. The third kappa shape index (κ3) is 3.58. The lowest BCUT2D eigenvalue weighted by molar-refractivity contribution is 0.0939. The van der Waals surface area contributed by atoms with Crippen molar-refractivity contribution in [2.45, 2.75) is 19.4 Å². The number of halogens is 2. The topological polar surface area (TPSA) is 42.2 Å². The Hall–Kier alpha value is -1.81. The number of benzene rings is 1. The van der Waals surface area contributed by atoms with Crippen LogP contribution in [0.3, 0.4) is 0 Å². The summed E-state index contributed by atoms with van der Waals surface area (Å²) in [5.74, 6) is -0.00718. The van der Waals surface area contributed by atoms with Crippen LogP contribution in [0.4, 0.5) is 4.39 Å². The summed E-state index contributed by atoms with van der Waals surface area (Å²) in [6, 6.07) is 7.21. The van der Waals surface area contributed by atoms with E-state index in [-0.39, 0.29) is 22.5 Å². The molecule has 100 valence electrons. The van der Waals surface area contributed by atoms with E-state index in [1.165, 1.54) is 12.1 Å². The van der Waals surface area contributed by atoms with E-state index in [1.807, 2.05) is 13.0 Å². The molecule has 1 aromatic heterocycles. The molecule has 0 radical (unpaired) electrons. The number of furan rings is 1.